The Morgan fingerprint density at radius 1 is 1.00 bits per heavy atom. The molecule has 1 aromatic carbocycles. The van der Waals surface area contributed by atoms with Crippen LogP contribution in [0.1, 0.15) is 19.4 Å². The standard InChI is InChI=1S/C23H24ClF4N7/c1-14(2)33(3)21-30-19(15-6-7-18(25)17(24)13-15)31-22(32-21)35-11-9-34(10-12-35)20-16(23(26,27)28)5-4-8-29-20/h4-8,13-14H,9-12H2,1-3H3. The van der Waals surface area contributed by atoms with E-state index >= 15 is 0 Å². The van der Waals surface area contributed by atoms with E-state index in [1.807, 2.05) is 30.7 Å². The molecule has 3 heterocycles. The summed E-state index contributed by atoms with van der Waals surface area (Å²) in [6, 6.07) is 6.65. The summed E-state index contributed by atoms with van der Waals surface area (Å²) in [5.74, 6) is 0.498. The number of piperazine rings is 1. The molecule has 3 aromatic rings. The van der Waals surface area contributed by atoms with Gasteiger partial charge in [0.2, 0.25) is 11.9 Å². The van der Waals surface area contributed by atoms with Crippen molar-refractivity contribution in [3.63, 3.8) is 0 Å². The molecule has 1 fully saturated rings. The Hall–Kier alpha value is -3.21. The molecule has 0 saturated carbocycles. The summed E-state index contributed by atoms with van der Waals surface area (Å²) in [7, 11) is 1.85. The van der Waals surface area contributed by atoms with Gasteiger partial charge in [0.05, 0.1) is 10.6 Å². The molecule has 12 heteroatoms. The van der Waals surface area contributed by atoms with Crippen LogP contribution in [0.5, 0.6) is 0 Å². The molecular weight excluding hydrogens is 486 g/mol. The molecule has 0 unspecified atom stereocenters. The number of alkyl halides is 3. The quantitative estimate of drug-likeness (QED) is 0.453. The topological polar surface area (TPSA) is 61.3 Å². The van der Waals surface area contributed by atoms with Crippen LogP contribution >= 0.6 is 11.6 Å². The fourth-order valence-electron chi connectivity index (χ4n) is 3.64. The molecule has 0 amide bonds. The van der Waals surface area contributed by atoms with Gasteiger partial charge in [-0.1, -0.05) is 11.6 Å². The number of hydrogen-bond acceptors (Lipinski definition) is 7. The third-order valence-corrected chi connectivity index (χ3v) is 6.12. The van der Waals surface area contributed by atoms with Gasteiger partial charge in [0, 0.05) is 51.0 Å². The monoisotopic (exact) mass is 509 g/mol. The predicted molar refractivity (Wildman–Crippen MR) is 127 cm³/mol. The predicted octanol–water partition coefficient (Wildman–Crippen LogP) is 4.92. The van der Waals surface area contributed by atoms with Crippen LogP contribution in [0.4, 0.5) is 35.3 Å². The van der Waals surface area contributed by atoms with E-state index in [1.165, 1.54) is 30.5 Å². The van der Waals surface area contributed by atoms with Gasteiger partial charge in [-0.2, -0.15) is 28.1 Å². The van der Waals surface area contributed by atoms with Gasteiger partial charge < -0.3 is 14.7 Å². The van der Waals surface area contributed by atoms with Gasteiger partial charge in [-0.05, 0) is 44.2 Å². The summed E-state index contributed by atoms with van der Waals surface area (Å²) in [5.41, 5.74) is -0.231. The zero-order valence-electron chi connectivity index (χ0n) is 19.4. The Labute approximate surface area is 205 Å². The third kappa shape index (κ3) is 5.39. The lowest BCUT2D eigenvalue weighted by Crippen LogP contribution is -2.48. The summed E-state index contributed by atoms with van der Waals surface area (Å²) in [6.07, 6.45) is -3.13. The fraction of sp³-hybridized carbons (Fsp3) is 0.391. The highest BCUT2D eigenvalue weighted by Gasteiger charge is 2.36. The molecule has 0 spiro atoms. The van der Waals surface area contributed by atoms with Crippen molar-refractivity contribution in [2.45, 2.75) is 26.1 Å². The number of hydrogen-bond donors (Lipinski definition) is 0. The molecule has 1 aliphatic heterocycles. The highest BCUT2D eigenvalue weighted by atomic mass is 35.5. The lowest BCUT2D eigenvalue weighted by atomic mass is 10.2. The Kier molecular flexibility index (Phi) is 6.98. The zero-order chi connectivity index (χ0) is 25.3. The van der Waals surface area contributed by atoms with Crippen molar-refractivity contribution in [2.24, 2.45) is 0 Å². The third-order valence-electron chi connectivity index (χ3n) is 5.83. The number of aromatic nitrogens is 4. The molecule has 7 nitrogen and oxygen atoms in total. The molecule has 186 valence electrons. The number of benzene rings is 1. The van der Waals surface area contributed by atoms with Crippen molar-refractivity contribution >= 4 is 29.3 Å². The summed E-state index contributed by atoms with van der Waals surface area (Å²) in [6.45, 7) is 5.35. The van der Waals surface area contributed by atoms with E-state index in [0.29, 0.717) is 49.5 Å². The van der Waals surface area contributed by atoms with Gasteiger partial charge in [-0.25, -0.2) is 9.37 Å². The average molecular weight is 510 g/mol. The minimum Gasteiger partial charge on any atom is -0.353 e. The summed E-state index contributed by atoms with van der Waals surface area (Å²) < 4.78 is 54.0. The second-order valence-corrected chi connectivity index (χ2v) is 8.85. The van der Waals surface area contributed by atoms with E-state index in [9.17, 15) is 17.6 Å². The van der Waals surface area contributed by atoms with Crippen molar-refractivity contribution in [1.82, 2.24) is 19.9 Å². The first-order valence-electron chi connectivity index (χ1n) is 11.0. The number of rotatable bonds is 5. The van der Waals surface area contributed by atoms with E-state index in [1.54, 1.807) is 4.90 Å². The molecule has 35 heavy (non-hydrogen) atoms. The van der Waals surface area contributed by atoms with Crippen molar-refractivity contribution < 1.29 is 17.6 Å². The maximum Gasteiger partial charge on any atom is 0.419 e. The lowest BCUT2D eigenvalue weighted by Gasteiger charge is -2.36. The normalized spacial score (nSPS) is 14.5. The van der Waals surface area contributed by atoms with Gasteiger partial charge >= 0.3 is 6.18 Å². The van der Waals surface area contributed by atoms with Crippen LogP contribution < -0.4 is 14.7 Å². The molecule has 0 N–H and O–H groups in total. The van der Waals surface area contributed by atoms with Crippen LogP contribution in [0, 0.1) is 5.82 Å². The SMILES string of the molecule is CC(C)N(C)c1nc(-c2ccc(F)c(Cl)c2)nc(N2CCN(c3ncccc3C(F)(F)F)CC2)n1. The molecule has 1 aliphatic rings. The van der Waals surface area contributed by atoms with E-state index < -0.39 is 17.6 Å². The van der Waals surface area contributed by atoms with E-state index in [0.717, 1.165) is 6.07 Å². The lowest BCUT2D eigenvalue weighted by molar-refractivity contribution is -0.137. The van der Waals surface area contributed by atoms with Crippen LogP contribution in [-0.4, -0.2) is 59.2 Å². The molecule has 0 radical (unpaired) electrons. The summed E-state index contributed by atoms with van der Waals surface area (Å²) in [5, 5.41) is -0.0485. The average Bonchev–Trinajstić information content (AvgIpc) is 2.84. The van der Waals surface area contributed by atoms with Gasteiger partial charge in [-0.15, -0.1) is 0 Å². The molecule has 2 aromatic heterocycles. The molecule has 0 atom stereocenters. The van der Waals surface area contributed by atoms with Crippen molar-refractivity contribution in [3.8, 4) is 11.4 Å². The van der Waals surface area contributed by atoms with Crippen LogP contribution in [0.25, 0.3) is 11.4 Å². The number of anilines is 3. The van der Waals surface area contributed by atoms with Crippen LogP contribution in [0.15, 0.2) is 36.5 Å². The first kappa shape index (κ1) is 24.9. The molecule has 0 aliphatic carbocycles. The molecular formula is C23H24ClF4N7. The zero-order valence-corrected chi connectivity index (χ0v) is 20.1. The van der Waals surface area contributed by atoms with Gasteiger partial charge in [0.15, 0.2) is 5.82 Å². The maximum atomic E-state index is 13.7. The van der Waals surface area contributed by atoms with E-state index in [2.05, 4.69) is 19.9 Å². The van der Waals surface area contributed by atoms with Crippen LogP contribution in [-0.2, 0) is 6.18 Å². The Morgan fingerprint density at radius 3 is 2.31 bits per heavy atom. The van der Waals surface area contributed by atoms with Gasteiger partial charge in [0.1, 0.15) is 11.6 Å². The minimum absolute atomic E-state index is 0.0485. The second-order valence-electron chi connectivity index (χ2n) is 8.44. The number of pyridine rings is 1. The Balaban J connectivity index is 1.63. The van der Waals surface area contributed by atoms with Crippen LogP contribution in [0.3, 0.4) is 0 Å². The number of nitrogens with zero attached hydrogens (tertiary/aromatic N) is 7. The largest absolute Gasteiger partial charge is 0.419 e. The van der Waals surface area contributed by atoms with Crippen molar-refractivity contribution in [1.29, 1.82) is 0 Å². The maximum absolute atomic E-state index is 13.7. The summed E-state index contributed by atoms with van der Waals surface area (Å²) in [4.78, 5) is 23.1. The smallest absolute Gasteiger partial charge is 0.353 e. The number of halogens is 5. The second kappa shape index (κ2) is 9.80. The Bertz CT molecular complexity index is 1200. The van der Waals surface area contributed by atoms with Crippen LogP contribution in [0.2, 0.25) is 5.02 Å². The molecule has 0 bridgehead atoms. The van der Waals surface area contributed by atoms with Crippen molar-refractivity contribution in [3.05, 3.63) is 52.9 Å². The minimum atomic E-state index is -4.49. The fourth-order valence-corrected chi connectivity index (χ4v) is 3.82. The first-order chi connectivity index (χ1) is 16.5. The van der Waals surface area contributed by atoms with E-state index in [-0.39, 0.29) is 16.9 Å². The first-order valence-corrected chi connectivity index (χ1v) is 11.4. The Morgan fingerprint density at radius 2 is 1.69 bits per heavy atom. The van der Waals surface area contributed by atoms with E-state index in [4.69, 9.17) is 11.6 Å². The molecule has 1 saturated heterocycles. The van der Waals surface area contributed by atoms with Gasteiger partial charge in [-0.3, -0.25) is 0 Å². The highest BCUT2D eigenvalue weighted by molar-refractivity contribution is 6.31. The highest BCUT2D eigenvalue weighted by Crippen LogP contribution is 2.35. The van der Waals surface area contributed by atoms with Crippen molar-refractivity contribution in [2.75, 3.05) is 47.9 Å². The molecule has 4 rings (SSSR count). The summed E-state index contributed by atoms with van der Waals surface area (Å²) >= 11 is 5.97. The van der Waals surface area contributed by atoms with Gasteiger partial charge in [0.25, 0.3) is 0 Å².